The number of nitrogens with one attached hydrogen (secondary N) is 1. The topological polar surface area (TPSA) is 108 Å². The van der Waals surface area contributed by atoms with Gasteiger partial charge in [-0.25, -0.2) is 9.18 Å². The first kappa shape index (κ1) is 19.8. The molecule has 0 aromatic heterocycles. The average Bonchev–Trinajstić information content (AvgIpc) is 2.66. The van der Waals surface area contributed by atoms with Gasteiger partial charge in [0.2, 0.25) is 0 Å². The Balaban J connectivity index is 1.84. The fraction of sp³-hybridized carbons (Fsp3) is 0.222. The molecule has 0 fully saturated rings. The zero-order valence-electron chi connectivity index (χ0n) is 14.4. The number of anilines is 1. The van der Waals surface area contributed by atoms with E-state index in [1.807, 2.05) is 19.1 Å². The summed E-state index contributed by atoms with van der Waals surface area (Å²) in [6.45, 7) is 0.868. The van der Waals surface area contributed by atoms with E-state index in [4.69, 9.17) is 9.47 Å². The number of aryl methyl sites for hydroxylation is 1. The third-order valence-electron chi connectivity index (χ3n) is 3.50. The van der Waals surface area contributed by atoms with Gasteiger partial charge >= 0.3 is 5.97 Å². The van der Waals surface area contributed by atoms with Crippen molar-refractivity contribution in [3.8, 4) is 5.75 Å². The smallest absolute Gasteiger partial charge is 0.344 e. The normalized spacial score (nSPS) is 10.1. The second-order valence-electron chi connectivity index (χ2n) is 5.38. The maximum absolute atomic E-state index is 13.6. The predicted octanol–water partition coefficient (Wildman–Crippen LogP) is 2.86. The molecule has 0 atom stereocenters. The number of nitro groups is 1. The van der Waals surface area contributed by atoms with Gasteiger partial charge in [-0.2, -0.15) is 0 Å². The Morgan fingerprint density at radius 3 is 2.63 bits per heavy atom. The lowest BCUT2D eigenvalue weighted by atomic mass is 10.1. The van der Waals surface area contributed by atoms with Gasteiger partial charge in [0.1, 0.15) is 11.6 Å². The molecule has 2 aromatic carbocycles. The summed E-state index contributed by atoms with van der Waals surface area (Å²) >= 11 is 0. The number of amides is 1. The van der Waals surface area contributed by atoms with E-state index in [1.165, 1.54) is 0 Å². The molecule has 0 aliphatic rings. The van der Waals surface area contributed by atoms with Gasteiger partial charge in [0.25, 0.3) is 11.6 Å². The Bertz CT molecular complexity index is 855. The summed E-state index contributed by atoms with van der Waals surface area (Å²) in [5, 5.41) is 12.8. The van der Waals surface area contributed by atoms with Gasteiger partial charge in [-0.15, -0.1) is 0 Å². The van der Waals surface area contributed by atoms with Crippen molar-refractivity contribution in [2.24, 2.45) is 0 Å². The standard InChI is InChI=1S/C18H17FN2O6/c1-2-12-5-3-4-6-16(12)26-11-18(23)27-10-17(22)20-15-9-13(21(24)25)7-8-14(15)19/h3-9H,2,10-11H2,1H3,(H,20,22). The average molecular weight is 376 g/mol. The van der Waals surface area contributed by atoms with Crippen molar-refractivity contribution >= 4 is 23.3 Å². The number of hydrogen-bond donors (Lipinski definition) is 1. The van der Waals surface area contributed by atoms with Crippen molar-refractivity contribution < 1.29 is 28.4 Å². The number of halogens is 1. The fourth-order valence-electron chi connectivity index (χ4n) is 2.17. The second kappa shape index (κ2) is 9.27. The van der Waals surface area contributed by atoms with E-state index in [1.54, 1.807) is 12.1 Å². The zero-order chi connectivity index (χ0) is 19.8. The van der Waals surface area contributed by atoms with Gasteiger partial charge in [0.05, 0.1) is 10.6 Å². The molecule has 8 nitrogen and oxygen atoms in total. The number of benzene rings is 2. The largest absolute Gasteiger partial charge is 0.482 e. The van der Waals surface area contributed by atoms with Crippen LogP contribution in [0.15, 0.2) is 42.5 Å². The van der Waals surface area contributed by atoms with E-state index in [2.05, 4.69) is 5.32 Å². The summed E-state index contributed by atoms with van der Waals surface area (Å²) in [7, 11) is 0. The van der Waals surface area contributed by atoms with Crippen molar-refractivity contribution in [3.05, 3.63) is 64.0 Å². The molecule has 0 saturated carbocycles. The van der Waals surface area contributed by atoms with Crippen LogP contribution in [0.25, 0.3) is 0 Å². The van der Waals surface area contributed by atoms with Crippen LogP contribution in [0, 0.1) is 15.9 Å². The maximum Gasteiger partial charge on any atom is 0.344 e. The van der Waals surface area contributed by atoms with Crippen LogP contribution < -0.4 is 10.1 Å². The number of hydrogen-bond acceptors (Lipinski definition) is 6. The van der Waals surface area contributed by atoms with Crippen molar-refractivity contribution in [1.29, 1.82) is 0 Å². The van der Waals surface area contributed by atoms with Gasteiger partial charge in [0, 0.05) is 12.1 Å². The molecule has 0 bridgehead atoms. The summed E-state index contributed by atoms with van der Waals surface area (Å²) in [6, 6.07) is 9.89. The molecule has 142 valence electrons. The van der Waals surface area contributed by atoms with E-state index in [-0.39, 0.29) is 11.4 Å². The van der Waals surface area contributed by atoms with Crippen molar-refractivity contribution in [1.82, 2.24) is 0 Å². The highest BCUT2D eigenvalue weighted by molar-refractivity contribution is 5.93. The van der Waals surface area contributed by atoms with Crippen molar-refractivity contribution in [2.45, 2.75) is 13.3 Å². The molecule has 1 N–H and O–H groups in total. The highest BCUT2D eigenvalue weighted by Gasteiger charge is 2.15. The highest BCUT2D eigenvalue weighted by atomic mass is 19.1. The van der Waals surface area contributed by atoms with E-state index in [0.717, 1.165) is 30.2 Å². The molecule has 2 aromatic rings. The quantitative estimate of drug-likeness (QED) is 0.431. The number of esters is 1. The first-order valence-electron chi connectivity index (χ1n) is 8.00. The van der Waals surface area contributed by atoms with Gasteiger partial charge in [-0.1, -0.05) is 25.1 Å². The van der Waals surface area contributed by atoms with Gasteiger partial charge in [-0.05, 0) is 24.1 Å². The molecular weight excluding hydrogens is 359 g/mol. The van der Waals surface area contributed by atoms with Crippen LogP contribution in [0.1, 0.15) is 12.5 Å². The number of nitrogens with zero attached hydrogens (tertiary/aromatic N) is 1. The molecule has 1 amide bonds. The summed E-state index contributed by atoms with van der Waals surface area (Å²) in [6.07, 6.45) is 0.725. The number of nitro benzene ring substituents is 1. The number of carbonyl (C=O) groups is 2. The van der Waals surface area contributed by atoms with E-state index >= 15 is 0 Å². The third-order valence-corrected chi connectivity index (χ3v) is 3.50. The summed E-state index contributed by atoms with van der Waals surface area (Å²) in [5.41, 5.74) is 0.161. The van der Waals surface area contributed by atoms with E-state index < -0.39 is 35.8 Å². The first-order chi connectivity index (χ1) is 12.9. The minimum absolute atomic E-state index is 0.377. The lowest BCUT2D eigenvalue weighted by Gasteiger charge is -2.10. The monoisotopic (exact) mass is 376 g/mol. The predicted molar refractivity (Wildman–Crippen MR) is 94.0 cm³/mol. The Morgan fingerprint density at radius 2 is 1.93 bits per heavy atom. The number of rotatable bonds is 8. The van der Waals surface area contributed by atoms with Gasteiger partial charge in [-0.3, -0.25) is 14.9 Å². The second-order valence-corrected chi connectivity index (χ2v) is 5.38. The molecular formula is C18H17FN2O6. The van der Waals surface area contributed by atoms with Crippen LogP contribution in [0.4, 0.5) is 15.8 Å². The molecule has 2 rings (SSSR count). The van der Waals surface area contributed by atoms with Crippen LogP contribution in [0.5, 0.6) is 5.75 Å². The number of ether oxygens (including phenoxy) is 2. The fourth-order valence-corrected chi connectivity index (χ4v) is 2.17. The molecule has 0 radical (unpaired) electrons. The maximum atomic E-state index is 13.6. The number of carbonyl (C=O) groups excluding carboxylic acids is 2. The minimum atomic E-state index is -0.847. The Kier molecular flexibility index (Phi) is 6.81. The Morgan fingerprint density at radius 1 is 1.19 bits per heavy atom. The summed E-state index contributed by atoms with van der Waals surface area (Å²) < 4.78 is 23.7. The molecule has 27 heavy (non-hydrogen) atoms. The molecule has 0 saturated heterocycles. The van der Waals surface area contributed by atoms with Gasteiger partial charge in [0.15, 0.2) is 13.2 Å². The Labute approximate surface area is 154 Å². The van der Waals surface area contributed by atoms with Crippen molar-refractivity contribution in [3.63, 3.8) is 0 Å². The number of non-ortho nitro benzene ring substituents is 1. The van der Waals surface area contributed by atoms with E-state index in [0.29, 0.717) is 5.75 Å². The van der Waals surface area contributed by atoms with E-state index in [9.17, 15) is 24.1 Å². The van der Waals surface area contributed by atoms with Crippen LogP contribution in [0.3, 0.4) is 0 Å². The molecule has 0 spiro atoms. The summed E-state index contributed by atoms with van der Waals surface area (Å²) in [5.74, 6) is -1.92. The third kappa shape index (κ3) is 5.77. The molecule has 9 heteroatoms. The number of para-hydroxylation sites is 1. The highest BCUT2D eigenvalue weighted by Crippen LogP contribution is 2.21. The van der Waals surface area contributed by atoms with Crippen LogP contribution >= 0.6 is 0 Å². The molecule has 0 unspecified atom stereocenters. The first-order valence-corrected chi connectivity index (χ1v) is 8.00. The molecule has 0 aliphatic carbocycles. The van der Waals surface area contributed by atoms with Crippen LogP contribution in [0.2, 0.25) is 0 Å². The zero-order valence-corrected chi connectivity index (χ0v) is 14.4. The summed E-state index contributed by atoms with van der Waals surface area (Å²) in [4.78, 5) is 33.4. The lowest BCUT2D eigenvalue weighted by molar-refractivity contribution is -0.384. The Hall–Kier alpha value is -3.49. The molecule has 0 aliphatic heterocycles. The SMILES string of the molecule is CCc1ccccc1OCC(=O)OCC(=O)Nc1cc([N+](=O)[O-])ccc1F. The van der Waals surface area contributed by atoms with Crippen LogP contribution in [-0.4, -0.2) is 30.0 Å². The molecule has 0 heterocycles. The van der Waals surface area contributed by atoms with Crippen molar-refractivity contribution in [2.75, 3.05) is 18.5 Å². The van der Waals surface area contributed by atoms with Gasteiger partial charge < -0.3 is 14.8 Å². The minimum Gasteiger partial charge on any atom is -0.482 e. The lowest BCUT2D eigenvalue weighted by Crippen LogP contribution is -2.24. The van der Waals surface area contributed by atoms with Crippen LogP contribution in [-0.2, 0) is 20.7 Å².